The second kappa shape index (κ2) is 8.53. The number of thiophene rings is 1. The van der Waals surface area contributed by atoms with Crippen LogP contribution >= 0.6 is 11.3 Å². The number of aryl methyl sites for hydroxylation is 3. The summed E-state index contributed by atoms with van der Waals surface area (Å²) >= 11 is 1.88. The van der Waals surface area contributed by atoms with Crippen molar-refractivity contribution in [2.75, 3.05) is 11.9 Å². The average Bonchev–Trinajstić information content (AvgIpc) is 2.84. The number of carboxylic acid groups (broad SMARTS) is 1. The molecule has 3 nitrogen and oxygen atoms in total. The lowest BCUT2D eigenvalue weighted by Gasteiger charge is -2.06. The van der Waals surface area contributed by atoms with Crippen molar-refractivity contribution in [3.63, 3.8) is 0 Å². The van der Waals surface area contributed by atoms with E-state index in [1.807, 2.05) is 35.6 Å². The zero-order valence-corrected chi connectivity index (χ0v) is 14.5. The molecule has 0 radical (unpaired) electrons. The predicted octanol–water partition coefficient (Wildman–Crippen LogP) is 4.90. The van der Waals surface area contributed by atoms with Gasteiger partial charge in [0.25, 0.3) is 0 Å². The molecule has 2 rings (SSSR count). The number of rotatable bonds is 8. The number of hydrogen-bond acceptors (Lipinski definition) is 3. The maximum atomic E-state index is 10.5. The predicted molar refractivity (Wildman–Crippen MR) is 98.3 cm³/mol. The summed E-state index contributed by atoms with van der Waals surface area (Å²) in [5.74, 6) is -0.928. The quantitative estimate of drug-likeness (QED) is 0.535. The minimum atomic E-state index is -0.928. The summed E-state index contributed by atoms with van der Waals surface area (Å²) in [6.45, 7) is 5.32. The molecule has 4 heteroatoms. The molecule has 2 aromatic rings. The smallest absolute Gasteiger partial charge is 0.328 e. The molecule has 0 aliphatic carbocycles. The highest BCUT2D eigenvalue weighted by atomic mass is 32.1. The van der Waals surface area contributed by atoms with E-state index < -0.39 is 5.97 Å². The molecule has 0 spiro atoms. The largest absolute Gasteiger partial charge is 0.478 e. The van der Waals surface area contributed by atoms with E-state index in [0.29, 0.717) is 0 Å². The molecule has 1 aromatic heterocycles. The van der Waals surface area contributed by atoms with Gasteiger partial charge in [-0.1, -0.05) is 12.1 Å². The van der Waals surface area contributed by atoms with Crippen LogP contribution in [0.2, 0.25) is 0 Å². The fraction of sp³-hybridized carbons (Fsp3) is 0.316. The van der Waals surface area contributed by atoms with Crippen molar-refractivity contribution in [2.24, 2.45) is 0 Å². The first-order valence-corrected chi connectivity index (χ1v) is 8.67. The van der Waals surface area contributed by atoms with Gasteiger partial charge < -0.3 is 10.4 Å². The van der Waals surface area contributed by atoms with Crippen LogP contribution in [-0.2, 0) is 11.2 Å². The maximum absolute atomic E-state index is 10.5. The molecule has 0 fully saturated rings. The van der Waals surface area contributed by atoms with Crippen LogP contribution in [0.25, 0.3) is 6.08 Å². The molecule has 0 aliphatic heterocycles. The molecule has 0 unspecified atom stereocenters. The molecule has 0 amide bonds. The summed E-state index contributed by atoms with van der Waals surface area (Å²) in [4.78, 5) is 13.3. The Hall–Kier alpha value is -2.07. The molecular weight excluding hydrogens is 306 g/mol. The number of aliphatic carboxylic acids is 1. The first kappa shape index (κ1) is 17.3. The molecule has 122 valence electrons. The molecule has 1 heterocycles. The Morgan fingerprint density at radius 1 is 1.22 bits per heavy atom. The Balaban J connectivity index is 1.70. The van der Waals surface area contributed by atoms with E-state index >= 15 is 0 Å². The van der Waals surface area contributed by atoms with Gasteiger partial charge in [0, 0.05) is 28.1 Å². The van der Waals surface area contributed by atoms with E-state index in [4.69, 9.17) is 5.11 Å². The number of hydrogen-bond donors (Lipinski definition) is 2. The second-order valence-electron chi connectivity index (χ2n) is 5.62. The molecule has 1 aromatic carbocycles. The van der Waals surface area contributed by atoms with Crippen molar-refractivity contribution < 1.29 is 9.90 Å². The highest BCUT2D eigenvalue weighted by Crippen LogP contribution is 2.22. The van der Waals surface area contributed by atoms with Gasteiger partial charge in [0.05, 0.1) is 0 Å². The highest BCUT2D eigenvalue weighted by molar-refractivity contribution is 7.12. The van der Waals surface area contributed by atoms with Crippen LogP contribution < -0.4 is 5.32 Å². The van der Waals surface area contributed by atoms with Crippen molar-refractivity contribution in [1.29, 1.82) is 0 Å². The van der Waals surface area contributed by atoms with Gasteiger partial charge >= 0.3 is 5.97 Å². The van der Waals surface area contributed by atoms with Gasteiger partial charge in [0.15, 0.2) is 0 Å². The van der Waals surface area contributed by atoms with Gasteiger partial charge in [-0.25, -0.2) is 4.79 Å². The second-order valence-corrected chi connectivity index (χ2v) is 7.08. The van der Waals surface area contributed by atoms with Gasteiger partial charge in [-0.05, 0) is 68.5 Å². The standard InChI is InChI=1S/C19H23NO2S/c1-14-13-17(15(2)23-14)5-3-4-12-20-18-9-6-16(7-10-18)8-11-19(21)22/h6-11,13,20H,3-5,12H2,1-2H3,(H,21,22). The normalized spacial score (nSPS) is 11.0. The third kappa shape index (κ3) is 5.91. The fourth-order valence-corrected chi connectivity index (χ4v) is 3.46. The van der Waals surface area contributed by atoms with Crippen molar-refractivity contribution >= 4 is 29.1 Å². The molecule has 0 atom stereocenters. The van der Waals surface area contributed by atoms with Crippen LogP contribution in [0, 0.1) is 13.8 Å². The summed E-state index contributed by atoms with van der Waals surface area (Å²) in [5.41, 5.74) is 3.45. The lowest BCUT2D eigenvalue weighted by atomic mass is 10.1. The summed E-state index contributed by atoms with van der Waals surface area (Å²) in [6, 6.07) is 10.1. The zero-order chi connectivity index (χ0) is 16.7. The van der Waals surface area contributed by atoms with Crippen LogP contribution in [0.4, 0.5) is 5.69 Å². The number of carbonyl (C=O) groups is 1. The Kier molecular flexibility index (Phi) is 6.41. The van der Waals surface area contributed by atoms with Gasteiger partial charge in [0.1, 0.15) is 0 Å². The first-order valence-electron chi connectivity index (χ1n) is 7.85. The number of benzene rings is 1. The molecule has 0 saturated carbocycles. The molecule has 2 N–H and O–H groups in total. The van der Waals surface area contributed by atoms with Crippen LogP contribution in [0.5, 0.6) is 0 Å². The third-order valence-electron chi connectivity index (χ3n) is 3.67. The number of anilines is 1. The van der Waals surface area contributed by atoms with Crippen LogP contribution in [0.3, 0.4) is 0 Å². The monoisotopic (exact) mass is 329 g/mol. The third-order valence-corrected chi connectivity index (χ3v) is 4.68. The van der Waals surface area contributed by atoms with Gasteiger partial charge in [-0.15, -0.1) is 11.3 Å². The van der Waals surface area contributed by atoms with Crippen molar-refractivity contribution in [1.82, 2.24) is 0 Å². The Morgan fingerprint density at radius 3 is 2.57 bits per heavy atom. The summed E-state index contributed by atoms with van der Waals surface area (Å²) in [5, 5.41) is 12.0. The van der Waals surface area contributed by atoms with E-state index in [2.05, 4.69) is 25.2 Å². The molecule has 0 saturated heterocycles. The minimum absolute atomic E-state index is 0.890. The first-order chi connectivity index (χ1) is 11.0. The Bertz CT molecular complexity index is 671. The fourth-order valence-electron chi connectivity index (χ4n) is 2.48. The molecule has 23 heavy (non-hydrogen) atoms. The van der Waals surface area contributed by atoms with Gasteiger partial charge in [-0.2, -0.15) is 0 Å². The number of carboxylic acids is 1. The van der Waals surface area contributed by atoms with E-state index in [1.165, 1.54) is 21.7 Å². The zero-order valence-electron chi connectivity index (χ0n) is 13.6. The highest BCUT2D eigenvalue weighted by Gasteiger charge is 2.02. The average molecular weight is 329 g/mol. The van der Waals surface area contributed by atoms with Crippen LogP contribution in [0.1, 0.15) is 33.7 Å². The number of unbranched alkanes of at least 4 members (excludes halogenated alkanes) is 1. The van der Waals surface area contributed by atoms with E-state index in [-0.39, 0.29) is 0 Å². The van der Waals surface area contributed by atoms with Crippen molar-refractivity contribution in [3.05, 3.63) is 57.3 Å². The topological polar surface area (TPSA) is 49.3 Å². The van der Waals surface area contributed by atoms with Crippen LogP contribution in [-0.4, -0.2) is 17.6 Å². The lowest BCUT2D eigenvalue weighted by molar-refractivity contribution is -0.131. The summed E-state index contributed by atoms with van der Waals surface area (Å²) < 4.78 is 0. The van der Waals surface area contributed by atoms with Crippen molar-refractivity contribution in [2.45, 2.75) is 33.1 Å². The molecular formula is C19H23NO2S. The summed E-state index contributed by atoms with van der Waals surface area (Å²) in [7, 11) is 0. The molecule has 0 bridgehead atoms. The van der Waals surface area contributed by atoms with E-state index in [9.17, 15) is 4.79 Å². The van der Waals surface area contributed by atoms with Gasteiger partial charge in [-0.3, -0.25) is 0 Å². The lowest BCUT2D eigenvalue weighted by Crippen LogP contribution is -2.02. The Morgan fingerprint density at radius 2 is 1.96 bits per heavy atom. The van der Waals surface area contributed by atoms with E-state index in [1.54, 1.807) is 6.08 Å². The van der Waals surface area contributed by atoms with Crippen LogP contribution in [0.15, 0.2) is 36.4 Å². The van der Waals surface area contributed by atoms with Crippen molar-refractivity contribution in [3.8, 4) is 0 Å². The number of nitrogens with one attached hydrogen (secondary N) is 1. The Labute approximate surface area is 141 Å². The SMILES string of the molecule is Cc1cc(CCCCNc2ccc(C=CC(=O)O)cc2)c(C)s1. The minimum Gasteiger partial charge on any atom is -0.478 e. The summed E-state index contributed by atoms with van der Waals surface area (Å²) in [6.07, 6.45) is 6.21. The van der Waals surface area contributed by atoms with Gasteiger partial charge in [0.2, 0.25) is 0 Å². The van der Waals surface area contributed by atoms with E-state index in [0.717, 1.165) is 36.7 Å². The molecule has 0 aliphatic rings. The maximum Gasteiger partial charge on any atom is 0.328 e.